The highest BCUT2D eigenvalue weighted by molar-refractivity contribution is 7.90. The molecule has 0 saturated carbocycles. The maximum atomic E-state index is 12.1. The topological polar surface area (TPSA) is 84.2 Å². The van der Waals surface area contributed by atoms with Crippen LogP contribution in [0.2, 0.25) is 0 Å². The van der Waals surface area contributed by atoms with E-state index in [1.807, 2.05) is 13.0 Å². The molecule has 0 aliphatic heterocycles. The van der Waals surface area contributed by atoms with E-state index in [1.165, 1.54) is 19.2 Å². The Balaban J connectivity index is 3.56. The largest absolute Gasteiger partial charge is 0.465 e. The van der Waals surface area contributed by atoms with Crippen molar-refractivity contribution in [1.29, 1.82) is 5.26 Å². The van der Waals surface area contributed by atoms with Gasteiger partial charge in [0, 0.05) is 6.26 Å². The van der Waals surface area contributed by atoms with Gasteiger partial charge in [0.25, 0.3) is 0 Å². The monoisotopic (exact) mass is 323 g/mol. The molecule has 0 spiro atoms. The Hall–Kier alpha value is -1.87. The van der Waals surface area contributed by atoms with E-state index in [4.69, 9.17) is 0 Å². The van der Waals surface area contributed by atoms with Gasteiger partial charge in [-0.1, -0.05) is 26.7 Å². The molecule has 0 radical (unpaired) electrons. The summed E-state index contributed by atoms with van der Waals surface area (Å²) in [6.07, 6.45) is 3.89. The normalized spacial score (nSPS) is 12.5. The number of sulfone groups is 1. The van der Waals surface area contributed by atoms with Crippen LogP contribution in [0.4, 0.5) is 0 Å². The second-order valence-corrected chi connectivity index (χ2v) is 7.34. The van der Waals surface area contributed by atoms with Gasteiger partial charge in [0.05, 0.1) is 23.1 Å². The Kier molecular flexibility index (Phi) is 6.12. The lowest BCUT2D eigenvalue weighted by atomic mass is 9.92. The molecule has 0 saturated heterocycles. The molecule has 0 aromatic heterocycles. The highest BCUT2D eigenvalue weighted by Gasteiger charge is 2.23. The lowest BCUT2D eigenvalue weighted by molar-refractivity contribution is 0.0600. The van der Waals surface area contributed by atoms with Gasteiger partial charge in [0.15, 0.2) is 9.84 Å². The highest BCUT2D eigenvalue weighted by Crippen LogP contribution is 2.31. The summed E-state index contributed by atoms with van der Waals surface area (Å²) in [5.41, 5.74) is 0.703. The summed E-state index contributed by atoms with van der Waals surface area (Å²) in [4.78, 5) is 11.9. The molecule has 22 heavy (non-hydrogen) atoms. The minimum Gasteiger partial charge on any atom is -0.465 e. The van der Waals surface area contributed by atoms with E-state index in [0.717, 1.165) is 25.5 Å². The smallest absolute Gasteiger partial charge is 0.339 e. The number of nitriles is 1. The van der Waals surface area contributed by atoms with Gasteiger partial charge < -0.3 is 4.74 Å². The summed E-state index contributed by atoms with van der Waals surface area (Å²) in [7, 11) is -2.31. The maximum absolute atomic E-state index is 12.1. The number of carbonyl (C=O) groups is 1. The molecular formula is C16H21NO4S. The molecule has 0 fully saturated rings. The van der Waals surface area contributed by atoms with E-state index < -0.39 is 15.8 Å². The molecule has 1 atom stereocenters. The maximum Gasteiger partial charge on any atom is 0.339 e. The van der Waals surface area contributed by atoms with Crippen LogP contribution in [-0.2, 0) is 14.6 Å². The van der Waals surface area contributed by atoms with Crippen LogP contribution < -0.4 is 0 Å². The van der Waals surface area contributed by atoms with Crippen LogP contribution in [0, 0.1) is 11.3 Å². The average molecular weight is 323 g/mol. The first-order valence-corrected chi connectivity index (χ1v) is 9.01. The second-order valence-electron chi connectivity index (χ2n) is 5.35. The Bertz CT molecular complexity index is 702. The third-order valence-corrected chi connectivity index (χ3v) is 4.75. The number of ether oxygens (including phenoxy) is 1. The molecule has 0 bridgehead atoms. The molecule has 1 rings (SSSR count). The molecule has 0 aliphatic rings. The zero-order chi connectivity index (χ0) is 16.9. The quantitative estimate of drug-likeness (QED) is 0.751. The standard InChI is InChI=1S/C16H21NO4S/c1-5-6-7-11(2)13-8-12(10-17)14(16(18)21-3)9-15(13)22(4,19)20/h8-9,11H,5-7H2,1-4H3. The number of hydrogen-bond acceptors (Lipinski definition) is 5. The molecule has 1 unspecified atom stereocenters. The first-order valence-electron chi connectivity index (χ1n) is 7.12. The van der Waals surface area contributed by atoms with Gasteiger partial charge >= 0.3 is 5.97 Å². The Morgan fingerprint density at radius 2 is 2.05 bits per heavy atom. The van der Waals surface area contributed by atoms with Crippen molar-refractivity contribution in [2.45, 2.75) is 43.9 Å². The number of benzene rings is 1. The van der Waals surface area contributed by atoms with E-state index in [-0.39, 0.29) is 21.9 Å². The molecule has 5 nitrogen and oxygen atoms in total. The zero-order valence-electron chi connectivity index (χ0n) is 13.3. The lowest BCUT2D eigenvalue weighted by Gasteiger charge is -2.17. The third-order valence-electron chi connectivity index (χ3n) is 3.60. The summed E-state index contributed by atoms with van der Waals surface area (Å²) >= 11 is 0. The van der Waals surface area contributed by atoms with Crippen molar-refractivity contribution in [2.24, 2.45) is 0 Å². The lowest BCUT2D eigenvalue weighted by Crippen LogP contribution is -2.11. The molecule has 120 valence electrons. The minimum atomic E-state index is -3.51. The molecule has 1 aromatic rings. The molecule has 0 aliphatic carbocycles. The number of esters is 1. The third kappa shape index (κ3) is 4.08. The first kappa shape index (κ1) is 18.2. The van der Waals surface area contributed by atoms with Gasteiger partial charge in [0.2, 0.25) is 0 Å². The fourth-order valence-corrected chi connectivity index (χ4v) is 3.36. The summed E-state index contributed by atoms with van der Waals surface area (Å²) in [6, 6.07) is 4.71. The number of nitrogens with zero attached hydrogens (tertiary/aromatic N) is 1. The zero-order valence-corrected chi connectivity index (χ0v) is 14.2. The Labute approximate surface area is 131 Å². The molecule has 1 aromatic carbocycles. The van der Waals surface area contributed by atoms with Crippen molar-refractivity contribution in [1.82, 2.24) is 0 Å². The van der Waals surface area contributed by atoms with Crippen molar-refractivity contribution in [3.8, 4) is 6.07 Å². The van der Waals surface area contributed by atoms with E-state index in [1.54, 1.807) is 0 Å². The first-order chi connectivity index (χ1) is 10.3. The van der Waals surface area contributed by atoms with Crippen LogP contribution in [-0.4, -0.2) is 27.8 Å². The molecule has 6 heteroatoms. The summed E-state index contributed by atoms with van der Waals surface area (Å²) in [5, 5.41) is 9.23. The predicted octanol–water partition coefficient (Wildman–Crippen LogP) is 3.04. The van der Waals surface area contributed by atoms with E-state index in [0.29, 0.717) is 5.56 Å². The summed E-state index contributed by atoms with van der Waals surface area (Å²) in [6.45, 7) is 3.99. The summed E-state index contributed by atoms with van der Waals surface area (Å²) in [5.74, 6) is -0.724. The number of hydrogen-bond donors (Lipinski definition) is 0. The van der Waals surface area contributed by atoms with Gasteiger partial charge in [-0.3, -0.25) is 0 Å². The highest BCUT2D eigenvalue weighted by atomic mass is 32.2. The molecule has 0 amide bonds. The fraction of sp³-hybridized carbons (Fsp3) is 0.500. The number of methoxy groups -OCH3 is 1. The SMILES string of the molecule is CCCCC(C)c1cc(C#N)c(C(=O)OC)cc1S(C)(=O)=O. The van der Waals surface area contributed by atoms with Gasteiger partial charge in [-0.25, -0.2) is 13.2 Å². The fourth-order valence-electron chi connectivity index (χ4n) is 2.34. The van der Waals surface area contributed by atoms with Crippen LogP contribution in [0.1, 0.15) is 60.5 Å². The van der Waals surface area contributed by atoms with Crippen LogP contribution in [0.3, 0.4) is 0 Å². The number of rotatable bonds is 6. The van der Waals surface area contributed by atoms with Crippen molar-refractivity contribution in [2.75, 3.05) is 13.4 Å². The van der Waals surface area contributed by atoms with Crippen molar-refractivity contribution >= 4 is 15.8 Å². The second kappa shape index (κ2) is 7.41. The van der Waals surface area contributed by atoms with E-state index >= 15 is 0 Å². The molecule has 0 N–H and O–H groups in total. The van der Waals surface area contributed by atoms with Gasteiger partial charge in [-0.15, -0.1) is 0 Å². The van der Waals surface area contributed by atoms with E-state index in [2.05, 4.69) is 11.7 Å². The average Bonchev–Trinajstić information content (AvgIpc) is 2.49. The minimum absolute atomic E-state index is 0.0107. The van der Waals surface area contributed by atoms with Crippen LogP contribution in [0.25, 0.3) is 0 Å². The van der Waals surface area contributed by atoms with Crippen LogP contribution in [0.5, 0.6) is 0 Å². The van der Waals surface area contributed by atoms with Crippen LogP contribution in [0.15, 0.2) is 17.0 Å². The number of carbonyl (C=O) groups excluding carboxylic acids is 1. The Morgan fingerprint density at radius 3 is 2.50 bits per heavy atom. The van der Waals surface area contributed by atoms with Gasteiger partial charge in [-0.2, -0.15) is 5.26 Å². The Morgan fingerprint density at radius 1 is 1.41 bits per heavy atom. The van der Waals surface area contributed by atoms with Gasteiger partial charge in [-0.05, 0) is 30.0 Å². The predicted molar refractivity (Wildman–Crippen MR) is 83.5 cm³/mol. The van der Waals surface area contributed by atoms with Crippen LogP contribution >= 0.6 is 0 Å². The van der Waals surface area contributed by atoms with Crippen molar-refractivity contribution in [3.05, 3.63) is 28.8 Å². The van der Waals surface area contributed by atoms with Crippen molar-refractivity contribution in [3.63, 3.8) is 0 Å². The molecule has 0 heterocycles. The van der Waals surface area contributed by atoms with Crippen molar-refractivity contribution < 1.29 is 17.9 Å². The number of unbranched alkanes of at least 4 members (excludes halogenated alkanes) is 1. The molecular weight excluding hydrogens is 302 g/mol. The van der Waals surface area contributed by atoms with Gasteiger partial charge in [0.1, 0.15) is 6.07 Å². The summed E-state index contributed by atoms with van der Waals surface area (Å²) < 4.78 is 28.7. The van der Waals surface area contributed by atoms with E-state index in [9.17, 15) is 18.5 Å².